The number of nitrogens with zero attached hydrogens (tertiary/aromatic N) is 3. The van der Waals surface area contributed by atoms with E-state index in [2.05, 4.69) is 42.9 Å². The highest BCUT2D eigenvalue weighted by Crippen LogP contribution is 2.42. The Morgan fingerprint density at radius 2 is 1.87 bits per heavy atom. The third-order valence-corrected chi connectivity index (χ3v) is 6.13. The third kappa shape index (κ3) is 5.19. The molecule has 7 nitrogen and oxygen atoms in total. The van der Waals surface area contributed by atoms with Crippen LogP contribution in [0.4, 0.5) is 11.8 Å². The second kappa shape index (κ2) is 9.01. The topological polar surface area (TPSA) is 109 Å². The van der Waals surface area contributed by atoms with E-state index in [1.165, 1.54) is 11.8 Å². The van der Waals surface area contributed by atoms with E-state index in [4.69, 9.17) is 25.9 Å². The number of aromatic nitrogens is 3. The lowest BCUT2D eigenvalue weighted by Crippen LogP contribution is -2.07. The quantitative estimate of drug-likeness (QED) is 0.472. The first-order valence-corrected chi connectivity index (χ1v) is 11.3. The molecule has 31 heavy (non-hydrogen) atoms. The van der Waals surface area contributed by atoms with Crippen molar-refractivity contribution in [3.05, 3.63) is 53.9 Å². The molecule has 0 aliphatic heterocycles. The van der Waals surface area contributed by atoms with Gasteiger partial charge in [0, 0.05) is 11.8 Å². The van der Waals surface area contributed by atoms with Gasteiger partial charge in [-0.25, -0.2) is 9.97 Å². The first-order chi connectivity index (χ1) is 14.9. The second-order valence-corrected chi connectivity index (χ2v) is 9.07. The largest absolute Gasteiger partial charge is 0.473 e. The zero-order chi connectivity index (χ0) is 22.0. The zero-order valence-electron chi connectivity index (χ0n) is 17.9. The summed E-state index contributed by atoms with van der Waals surface area (Å²) in [7, 11) is 0. The Morgan fingerprint density at radius 1 is 1.13 bits per heavy atom. The fourth-order valence-corrected chi connectivity index (χ4v) is 4.01. The van der Waals surface area contributed by atoms with Gasteiger partial charge in [0.25, 0.3) is 0 Å². The van der Waals surface area contributed by atoms with Crippen LogP contribution in [0.2, 0.25) is 0 Å². The van der Waals surface area contributed by atoms with E-state index in [0.717, 1.165) is 22.8 Å². The molecule has 1 aliphatic rings. The van der Waals surface area contributed by atoms with E-state index >= 15 is 0 Å². The fraction of sp³-hybridized carbons (Fsp3) is 0.348. The molecule has 0 saturated heterocycles. The van der Waals surface area contributed by atoms with Crippen LogP contribution in [0.5, 0.6) is 17.4 Å². The van der Waals surface area contributed by atoms with Crippen LogP contribution >= 0.6 is 11.8 Å². The van der Waals surface area contributed by atoms with E-state index in [0.29, 0.717) is 23.3 Å². The van der Waals surface area contributed by atoms with Gasteiger partial charge in [-0.15, -0.1) is 11.8 Å². The lowest BCUT2D eigenvalue weighted by atomic mass is 10.1. The molecular weight excluding hydrogens is 410 g/mol. The molecule has 8 heteroatoms. The molecular formula is C23H27N5O2S. The first kappa shape index (κ1) is 21.2. The maximum Gasteiger partial charge on any atom is 0.228 e. The molecule has 0 radical (unpaired) electrons. The van der Waals surface area contributed by atoms with Crippen molar-refractivity contribution in [1.29, 1.82) is 0 Å². The molecule has 2 aromatic heterocycles. The van der Waals surface area contributed by atoms with Gasteiger partial charge in [0.05, 0.1) is 16.8 Å². The van der Waals surface area contributed by atoms with E-state index in [1.54, 1.807) is 11.8 Å². The fourth-order valence-electron chi connectivity index (χ4n) is 3.08. The summed E-state index contributed by atoms with van der Waals surface area (Å²) in [5.41, 5.74) is 13.6. The second-order valence-electron chi connectivity index (χ2n) is 8.05. The lowest BCUT2D eigenvalue weighted by Gasteiger charge is -2.18. The summed E-state index contributed by atoms with van der Waals surface area (Å²) in [6, 6.07) is 12.3. The van der Waals surface area contributed by atoms with Crippen molar-refractivity contribution in [3.63, 3.8) is 0 Å². The molecule has 0 amide bonds. The molecule has 4 rings (SSSR count). The summed E-state index contributed by atoms with van der Waals surface area (Å²) in [6.07, 6.45) is 2.75. The van der Waals surface area contributed by atoms with E-state index in [9.17, 15) is 0 Å². The van der Waals surface area contributed by atoms with Crippen LogP contribution in [0.25, 0.3) is 0 Å². The Morgan fingerprint density at radius 3 is 2.52 bits per heavy atom. The third-order valence-electron chi connectivity index (χ3n) is 5.05. The highest BCUT2D eigenvalue weighted by molar-refractivity contribution is 7.98. The Kier molecular flexibility index (Phi) is 6.18. The summed E-state index contributed by atoms with van der Waals surface area (Å²) < 4.78 is 12.3. The van der Waals surface area contributed by atoms with Crippen LogP contribution in [0, 0.1) is 5.92 Å². The predicted octanol–water partition coefficient (Wildman–Crippen LogP) is 5.03. The Labute approximate surface area is 186 Å². The molecule has 2 atom stereocenters. The molecule has 1 unspecified atom stereocenters. The smallest absolute Gasteiger partial charge is 0.228 e. The number of rotatable bonds is 8. The van der Waals surface area contributed by atoms with Crippen LogP contribution in [0.3, 0.4) is 0 Å². The Hall–Kier alpha value is -3.00. The van der Waals surface area contributed by atoms with Gasteiger partial charge in [-0.2, -0.15) is 4.98 Å². The number of nitrogen functional groups attached to an aromatic ring is 2. The monoisotopic (exact) mass is 437 g/mol. The zero-order valence-corrected chi connectivity index (χ0v) is 18.7. The van der Waals surface area contributed by atoms with Gasteiger partial charge in [0.15, 0.2) is 17.3 Å². The minimum atomic E-state index is 0.105. The van der Waals surface area contributed by atoms with E-state index in [-0.39, 0.29) is 23.8 Å². The highest BCUT2D eigenvalue weighted by Gasteiger charge is 2.36. The molecule has 2 heterocycles. The van der Waals surface area contributed by atoms with E-state index < -0.39 is 0 Å². The van der Waals surface area contributed by atoms with Crippen molar-refractivity contribution >= 4 is 23.5 Å². The minimum Gasteiger partial charge on any atom is -0.473 e. The molecule has 162 valence electrons. The number of thioether (sulfide) groups is 1. The van der Waals surface area contributed by atoms with Gasteiger partial charge in [0.2, 0.25) is 11.8 Å². The summed E-state index contributed by atoms with van der Waals surface area (Å²) in [4.78, 5) is 13.8. The molecule has 0 spiro atoms. The van der Waals surface area contributed by atoms with Crippen LogP contribution in [-0.4, -0.2) is 21.1 Å². The van der Waals surface area contributed by atoms with Crippen LogP contribution in [0.15, 0.2) is 47.5 Å². The van der Waals surface area contributed by atoms with E-state index in [1.807, 2.05) is 24.3 Å². The molecule has 1 aromatic carbocycles. The average molecular weight is 438 g/mol. The molecule has 1 fully saturated rings. The molecule has 1 saturated carbocycles. The first-order valence-electron chi connectivity index (χ1n) is 10.3. The standard InChI is InChI=1S/C23H27N5O2S/c1-13(2)20-17(29-18-11-26-23(25)28-21(18)24)10-19(22(27-20)30-16-9-14(16)3)31-12-15-7-5-4-6-8-15/h4-8,10-11,13-14,16H,9,12H2,1-3H3,(H4,24,25,26,28)/t14?,16-/m0/s1. The minimum absolute atomic E-state index is 0.105. The average Bonchev–Trinajstić information content (AvgIpc) is 3.44. The van der Waals surface area contributed by atoms with Crippen molar-refractivity contribution in [1.82, 2.24) is 15.0 Å². The Bertz CT molecular complexity index is 1060. The van der Waals surface area contributed by atoms with Gasteiger partial charge in [-0.05, 0) is 23.8 Å². The van der Waals surface area contributed by atoms with Gasteiger partial charge in [-0.1, -0.05) is 51.1 Å². The van der Waals surface area contributed by atoms with Gasteiger partial charge in [0.1, 0.15) is 6.10 Å². The number of benzene rings is 1. The number of nitrogens with two attached hydrogens (primary N) is 2. The number of anilines is 2. The van der Waals surface area contributed by atoms with Crippen LogP contribution in [0.1, 0.15) is 44.4 Å². The van der Waals surface area contributed by atoms with Gasteiger partial charge in [-0.3, -0.25) is 0 Å². The van der Waals surface area contributed by atoms with Crippen molar-refractivity contribution in [3.8, 4) is 17.4 Å². The summed E-state index contributed by atoms with van der Waals surface area (Å²) in [5, 5.41) is 0. The highest BCUT2D eigenvalue weighted by atomic mass is 32.2. The molecule has 4 N–H and O–H groups in total. The van der Waals surface area contributed by atoms with Crippen LogP contribution in [-0.2, 0) is 5.75 Å². The number of ether oxygens (including phenoxy) is 2. The molecule has 1 aliphatic carbocycles. The summed E-state index contributed by atoms with van der Waals surface area (Å²) in [5.74, 6) is 3.39. The maximum absolute atomic E-state index is 6.24. The normalized spacial score (nSPS) is 17.5. The van der Waals surface area contributed by atoms with Crippen molar-refractivity contribution in [2.24, 2.45) is 5.92 Å². The van der Waals surface area contributed by atoms with Crippen molar-refractivity contribution < 1.29 is 9.47 Å². The van der Waals surface area contributed by atoms with Gasteiger partial charge < -0.3 is 20.9 Å². The molecule has 3 aromatic rings. The lowest BCUT2D eigenvalue weighted by molar-refractivity contribution is 0.267. The summed E-state index contributed by atoms with van der Waals surface area (Å²) >= 11 is 1.67. The summed E-state index contributed by atoms with van der Waals surface area (Å²) in [6.45, 7) is 6.32. The molecule has 0 bridgehead atoms. The van der Waals surface area contributed by atoms with Crippen molar-refractivity contribution in [2.75, 3.05) is 11.5 Å². The van der Waals surface area contributed by atoms with Crippen molar-refractivity contribution in [2.45, 2.75) is 49.9 Å². The number of pyridine rings is 1. The number of hydrogen-bond acceptors (Lipinski definition) is 8. The van der Waals surface area contributed by atoms with Gasteiger partial charge >= 0.3 is 0 Å². The maximum atomic E-state index is 6.24. The Balaban J connectivity index is 1.68. The predicted molar refractivity (Wildman–Crippen MR) is 123 cm³/mol. The van der Waals surface area contributed by atoms with Crippen LogP contribution < -0.4 is 20.9 Å². The number of hydrogen-bond donors (Lipinski definition) is 2. The SMILES string of the molecule is CC(C)c1nc(O[C@H]2CC2C)c(SCc2ccccc2)cc1Oc1cnc(N)nc1N.